The summed E-state index contributed by atoms with van der Waals surface area (Å²) in [6.45, 7) is 5.81. The maximum absolute atomic E-state index is 12.8. The average molecular weight is 288 g/mol. The van der Waals surface area contributed by atoms with Gasteiger partial charge in [0.15, 0.2) is 0 Å². The lowest BCUT2D eigenvalue weighted by Crippen LogP contribution is -2.46. The van der Waals surface area contributed by atoms with E-state index < -0.39 is 0 Å². The molecule has 21 heavy (non-hydrogen) atoms. The summed E-state index contributed by atoms with van der Waals surface area (Å²) in [5, 5.41) is 3.37. The number of carbonyl (C=O) groups is 1. The summed E-state index contributed by atoms with van der Waals surface area (Å²) in [6.07, 6.45) is 1.92. The van der Waals surface area contributed by atoms with Crippen molar-refractivity contribution in [2.75, 3.05) is 32.8 Å². The predicted octanol–water partition coefficient (Wildman–Crippen LogP) is 1.24. The van der Waals surface area contributed by atoms with E-state index in [-0.39, 0.29) is 17.9 Å². The monoisotopic (exact) mass is 288 g/mol. The Balaban J connectivity index is 1.66. The van der Waals surface area contributed by atoms with Gasteiger partial charge in [0.2, 0.25) is 5.91 Å². The number of fused-ring (bicyclic) bond motifs is 1. The molecule has 0 radical (unpaired) electrons. The van der Waals surface area contributed by atoms with Crippen LogP contribution in [0.5, 0.6) is 0 Å². The summed E-state index contributed by atoms with van der Waals surface area (Å²) in [5.41, 5.74) is 2.78. The Kier molecular flexibility index (Phi) is 4.56. The standard InChI is InChI=1S/C17H24N2O2/c1-2-18-16-12-21-11-15(16)17(20)19-9-7-13-5-3-4-6-14(13)8-10-19/h3-6,15-16,18H,2,7-12H2,1H3. The van der Waals surface area contributed by atoms with Gasteiger partial charge < -0.3 is 15.0 Å². The van der Waals surface area contributed by atoms with E-state index in [2.05, 4.69) is 36.5 Å². The van der Waals surface area contributed by atoms with Gasteiger partial charge in [0.25, 0.3) is 0 Å². The Hall–Kier alpha value is -1.39. The van der Waals surface area contributed by atoms with Crippen molar-refractivity contribution in [1.29, 1.82) is 0 Å². The summed E-state index contributed by atoms with van der Waals surface area (Å²) in [7, 11) is 0. The molecule has 0 spiro atoms. The maximum Gasteiger partial charge on any atom is 0.229 e. The first-order valence-electron chi connectivity index (χ1n) is 7.96. The van der Waals surface area contributed by atoms with Crippen LogP contribution in [-0.4, -0.2) is 49.7 Å². The van der Waals surface area contributed by atoms with E-state index in [1.165, 1.54) is 11.1 Å². The first kappa shape index (κ1) is 14.5. The zero-order chi connectivity index (χ0) is 14.7. The molecule has 2 atom stereocenters. The van der Waals surface area contributed by atoms with E-state index in [0.29, 0.717) is 13.2 Å². The second kappa shape index (κ2) is 6.58. The lowest BCUT2D eigenvalue weighted by atomic mass is 10.0. The molecule has 1 aromatic rings. The quantitative estimate of drug-likeness (QED) is 0.910. The maximum atomic E-state index is 12.8. The van der Waals surface area contributed by atoms with Crippen LogP contribution in [0.2, 0.25) is 0 Å². The van der Waals surface area contributed by atoms with Crippen LogP contribution >= 0.6 is 0 Å². The summed E-state index contributed by atoms with van der Waals surface area (Å²) >= 11 is 0. The van der Waals surface area contributed by atoms with Crippen molar-refractivity contribution in [1.82, 2.24) is 10.2 Å². The molecule has 2 aliphatic rings. The number of amides is 1. The Bertz CT molecular complexity index is 476. The van der Waals surface area contributed by atoms with Crippen molar-refractivity contribution in [3.63, 3.8) is 0 Å². The summed E-state index contributed by atoms with van der Waals surface area (Å²) in [5.74, 6) is 0.234. The molecule has 114 valence electrons. The highest BCUT2D eigenvalue weighted by Crippen LogP contribution is 2.20. The lowest BCUT2D eigenvalue weighted by molar-refractivity contribution is -0.135. The molecule has 1 amide bonds. The molecule has 1 aromatic carbocycles. The normalized spacial score (nSPS) is 25.5. The first-order valence-corrected chi connectivity index (χ1v) is 7.96. The van der Waals surface area contributed by atoms with Crippen molar-refractivity contribution in [2.45, 2.75) is 25.8 Å². The number of carbonyl (C=O) groups excluding carboxylic acids is 1. The van der Waals surface area contributed by atoms with Crippen LogP contribution in [0.25, 0.3) is 0 Å². The summed E-state index contributed by atoms with van der Waals surface area (Å²) in [4.78, 5) is 14.8. The van der Waals surface area contributed by atoms with Crippen molar-refractivity contribution in [3.05, 3.63) is 35.4 Å². The highest BCUT2D eigenvalue weighted by Gasteiger charge is 2.36. The molecule has 1 fully saturated rings. The van der Waals surface area contributed by atoms with Gasteiger partial charge in [0, 0.05) is 19.1 Å². The molecule has 0 saturated carbocycles. The third-order valence-electron chi connectivity index (χ3n) is 4.60. The second-order valence-electron chi connectivity index (χ2n) is 5.90. The van der Waals surface area contributed by atoms with Crippen LogP contribution in [0, 0.1) is 5.92 Å². The fraction of sp³-hybridized carbons (Fsp3) is 0.588. The third-order valence-corrected chi connectivity index (χ3v) is 4.60. The molecule has 4 heteroatoms. The van der Waals surface area contributed by atoms with E-state index in [0.717, 1.165) is 32.5 Å². The minimum absolute atomic E-state index is 0.0221. The highest BCUT2D eigenvalue weighted by molar-refractivity contribution is 5.80. The number of benzene rings is 1. The van der Waals surface area contributed by atoms with Crippen LogP contribution < -0.4 is 5.32 Å². The Morgan fingerprint density at radius 3 is 2.52 bits per heavy atom. The second-order valence-corrected chi connectivity index (χ2v) is 5.90. The van der Waals surface area contributed by atoms with Crippen LogP contribution in [-0.2, 0) is 22.4 Å². The molecule has 0 aromatic heterocycles. The predicted molar refractivity (Wildman–Crippen MR) is 82.2 cm³/mol. The molecule has 2 heterocycles. The highest BCUT2D eigenvalue weighted by atomic mass is 16.5. The molecule has 2 aliphatic heterocycles. The van der Waals surface area contributed by atoms with Crippen LogP contribution in [0.3, 0.4) is 0 Å². The Labute approximate surface area is 126 Å². The van der Waals surface area contributed by atoms with Crippen molar-refractivity contribution in [3.8, 4) is 0 Å². The summed E-state index contributed by atoms with van der Waals surface area (Å²) in [6, 6.07) is 8.71. The SMILES string of the molecule is CCNC1COCC1C(=O)N1CCc2ccccc2CC1. The number of hydrogen-bond acceptors (Lipinski definition) is 3. The third kappa shape index (κ3) is 3.11. The fourth-order valence-corrected chi connectivity index (χ4v) is 3.38. The van der Waals surface area contributed by atoms with Gasteiger partial charge in [-0.25, -0.2) is 0 Å². The lowest BCUT2D eigenvalue weighted by Gasteiger charge is -2.26. The number of nitrogens with one attached hydrogen (secondary N) is 1. The average Bonchev–Trinajstić information content (AvgIpc) is 2.85. The summed E-state index contributed by atoms with van der Waals surface area (Å²) < 4.78 is 5.52. The molecule has 1 N–H and O–H groups in total. The smallest absolute Gasteiger partial charge is 0.229 e. The zero-order valence-corrected chi connectivity index (χ0v) is 12.7. The zero-order valence-electron chi connectivity index (χ0n) is 12.7. The minimum atomic E-state index is -0.0221. The van der Waals surface area contributed by atoms with E-state index in [9.17, 15) is 4.79 Å². The van der Waals surface area contributed by atoms with E-state index in [1.54, 1.807) is 0 Å². The number of likely N-dealkylation sites (N-methyl/N-ethyl adjacent to an activating group) is 1. The molecular weight excluding hydrogens is 264 g/mol. The van der Waals surface area contributed by atoms with Gasteiger partial charge in [0.05, 0.1) is 19.1 Å². The molecule has 2 unspecified atom stereocenters. The van der Waals surface area contributed by atoms with Crippen LogP contribution in [0.1, 0.15) is 18.1 Å². The number of rotatable bonds is 3. The number of hydrogen-bond donors (Lipinski definition) is 1. The fourth-order valence-electron chi connectivity index (χ4n) is 3.38. The minimum Gasteiger partial charge on any atom is -0.379 e. The van der Waals surface area contributed by atoms with Gasteiger partial charge in [-0.15, -0.1) is 0 Å². The topological polar surface area (TPSA) is 41.6 Å². The molecule has 3 rings (SSSR count). The van der Waals surface area contributed by atoms with E-state index in [1.807, 2.05) is 4.90 Å². The molecule has 0 bridgehead atoms. The van der Waals surface area contributed by atoms with Crippen LogP contribution in [0.15, 0.2) is 24.3 Å². The van der Waals surface area contributed by atoms with Gasteiger partial charge in [0.1, 0.15) is 0 Å². The molecule has 0 aliphatic carbocycles. The van der Waals surface area contributed by atoms with Gasteiger partial charge in [-0.05, 0) is 30.5 Å². The Morgan fingerprint density at radius 2 is 1.90 bits per heavy atom. The van der Waals surface area contributed by atoms with Gasteiger partial charge >= 0.3 is 0 Å². The largest absolute Gasteiger partial charge is 0.379 e. The number of nitrogens with zero attached hydrogens (tertiary/aromatic N) is 1. The van der Waals surface area contributed by atoms with E-state index >= 15 is 0 Å². The van der Waals surface area contributed by atoms with Crippen LogP contribution in [0.4, 0.5) is 0 Å². The van der Waals surface area contributed by atoms with Gasteiger partial charge in [-0.3, -0.25) is 4.79 Å². The van der Waals surface area contributed by atoms with Crippen molar-refractivity contribution >= 4 is 5.91 Å². The Morgan fingerprint density at radius 1 is 1.24 bits per heavy atom. The van der Waals surface area contributed by atoms with Crippen molar-refractivity contribution in [2.24, 2.45) is 5.92 Å². The van der Waals surface area contributed by atoms with E-state index in [4.69, 9.17) is 4.74 Å². The molecule has 4 nitrogen and oxygen atoms in total. The molecular formula is C17H24N2O2. The molecule has 1 saturated heterocycles. The van der Waals surface area contributed by atoms with Gasteiger partial charge in [-0.2, -0.15) is 0 Å². The van der Waals surface area contributed by atoms with Crippen molar-refractivity contribution < 1.29 is 9.53 Å². The number of ether oxygens (including phenoxy) is 1. The van der Waals surface area contributed by atoms with Gasteiger partial charge in [-0.1, -0.05) is 31.2 Å². The first-order chi connectivity index (χ1) is 10.3.